The van der Waals surface area contributed by atoms with E-state index >= 15 is 0 Å². The zero-order valence-electron chi connectivity index (χ0n) is 11.0. The molecule has 0 amide bonds. The lowest BCUT2D eigenvalue weighted by molar-refractivity contribution is -0.384. The van der Waals surface area contributed by atoms with Crippen LogP contribution in [0.25, 0.3) is 0 Å². The summed E-state index contributed by atoms with van der Waals surface area (Å²) in [5, 5.41) is 22.5. The normalized spacial score (nSPS) is 9.90. The zero-order chi connectivity index (χ0) is 15.2. The second kappa shape index (κ2) is 6.86. The van der Waals surface area contributed by atoms with Crippen LogP contribution in [-0.4, -0.2) is 4.92 Å². The van der Waals surface area contributed by atoms with Crippen molar-refractivity contribution in [3.05, 3.63) is 68.2 Å². The minimum Gasteiger partial charge on any atom is -0.381 e. The van der Waals surface area contributed by atoms with Crippen molar-refractivity contribution < 1.29 is 4.92 Å². The fraction of sp³-hybridized carbons (Fsp3) is 0.133. The standard InChI is InChI=1S/C15H12BrN3O2/c16-15-9-14(19(20)21)6-3-12(15)10-18-13-4-1-11(2-5-13)7-8-17/h1-6,9,18H,7,10H2. The van der Waals surface area contributed by atoms with Gasteiger partial charge in [-0.15, -0.1) is 0 Å². The maximum Gasteiger partial charge on any atom is 0.270 e. The first-order valence-electron chi connectivity index (χ1n) is 6.22. The number of halogens is 1. The molecule has 0 bridgehead atoms. The molecule has 0 aromatic heterocycles. The first kappa shape index (κ1) is 15.0. The van der Waals surface area contributed by atoms with E-state index < -0.39 is 4.92 Å². The molecule has 6 heteroatoms. The highest BCUT2D eigenvalue weighted by Gasteiger charge is 2.08. The average Bonchev–Trinajstić information content (AvgIpc) is 2.47. The highest BCUT2D eigenvalue weighted by atomic mass is 79.9. The Balaban J connectivity index is 2.03. The van der Waals surface area contributed by atoms with E-state index in [2.05, 4.69) is 27.3 Å². The van der Waals surface area contributed by atoms with Crippen LogP contribution in [0, 0.1) is 21.4 Å². The van der Waals surface area contributed by atoms with Crippen molar-refractivity contribution >= 4 is 27.3 Å². The van der Waals surface area contributed by atoms with Gasteiger partial charge in [0.15, 0.2) is 0 Å². The molecule has 0 aliphatic rings. The van der Waals surface area contributed by atoms with Crippen molar-refractivity contribution in [2.24, 2.45) is 0 Å². The number of non-ortho nitro benzene ring substituents is 1. The minimum absolute atomic E-state index is 0.0616. The Hall–Kier alpha value is -2.39. The molecule has 0 aliphatic heterocycles. The first-order chi connectivity index (χ1) is 10.1. The number of nitrogens with zero attached hydrogens (tertiary/aromatic N) is 2. The Labute approximate surface area is 130 Å². The summed E-state index contributed by atoms with van der Waals surface area (Å²) in [6, 6.07) is 14.4. The van der Waals surface area contributed by atoms with Crippen LogP contribution in [0.15, 0.2) is 46.9 Å². The lowest BCUT2D eigenvalue weighted by atomic mass is 10.1. The van der Waals surface area contributed by atoms with E-state index in [1.54, 1.807) is 6.07 Å². The number of nitriles is 1. The largest absolute Gasteiger partial charge is 0.381 e. The fourth-order valence-electron chi connectivity index (χ4n) is 1.82. The summed E-state index contributed by atoms with van der Waals surface area (Å²) in [4.78, 5) is 10.3. The van der Waals surface area contributed by atoms with Crippen molar-refractivity contribution in [1.29, 1.82) is 5.26 Å². The molecular weight excluding hydrogens is 334 g/mol. The van der Waals surface area contributed by atoms with Gasteiger partial charge in [0.05, 0.1) is 17.4 Å². The third kappa shape index (κ3) is 4.04. The van der Waals surface area contributed by atoms with Crippen LogP contribution in [0.3, 0.4) is 0 Å². The van der Waals surface area contributed by atoms with Crippen molar-refractivity contribution in [2.45, 2.75) is 13.0 Å². The molecule has 2 rings (SSSR count). The highest BCUT2D eigenvalue weighted by molar-refractivity contribution is 9.10. The van der Waals surface area contributed by atoms with E-state index in [0.29, 0.717) is 17.4 Å². The number of anilines is 1. The third-order valence-corrected chi connectivity index (χ3v) is 3.71. The van der Waals surface area contributed by atoms with Crippen molar-refractivity contribution in [3.63, 3.8) is 0 Å². The SMILES string of the molecule is N#CCc1ccc(NCc2ccc([N+](=O)[O-])cc2Br)cc1. The van der Waals surface area contributed by atoms with Gasteiger partial charge < -0.3 is 5.32 Å². The van der Waals surface area contributed by atoms with Gasteiger partial charge in [-0.05, 0) is 29.3 Å². The quantitative estimate of drug-likeness (QED) is 0.655. The molecule has 0 fully saturated rings. The number of nitro groups is 1. The Morgan fingerprint density at radius 1 is 1.24 bits per heavy atom. The number of hydrogen-bond donors (Lipinski definition) is 1. The first-order valence-corrected chi connectivity index (χ1v) is 7.02. The third-order valence-electron chi connectivity index (χ3n) is 2.97. The van der Waals surface area contributed by atoms with Crippen LogP contribution in [0.4, 0.5) is 11.4 Å². The summed E-state index contributed by atoms with van der Waals surface area (Å²) < 4.78 is 0.699. The van der Waals surface area contributed by atoms with Crippen LogP contribution in [0.5, 0.6) is 0 Å². The van der Waals surface area contributed by atoms with Crippen LogP contribution >= 0.6 is 15.9 Å². The molecule has 2 aromatic rings. The van der Waals surface area contributed by atoms with Crippen LogP contribution < -0.4 is 5.32 Å². The van der Waals surface area contributed by atoms with E-state index in [9.17, 15) is 10.1 Å². The lowest BCUT2D eigenvalue weighted by Gasteiger charge is -2.08. The molecular formula is C15H12BrN3O2. The van der Waals surface area contributed by atoms with Gasteiger partial charge in [-0.2, -0.15) is 5.26 Å². The van der Waals surface area contributed by atoms with E-state index in [-0.39, 0.29) is 5.69 Å². The van der Waals surface area contributed by atoms with E-state index in [0.717, 1.165) is 16.8 Å². The summed E-state index contributed by atoms with van der Waals surface area (Å²) in [5.41, 5.74) is 2.90. The number of benzene rings is 2. The summed E-state index contributed by atoms with van der Waals surface area (Å²) in [6.07, 6.45) is 0.397. The van der Waals surface area contributed by atoms with E-state index in [1.165, 1.54) is 12.1 Å². The predicted molar refractivity (Wildman–Crippen MR) is 83.9 cm³/mol. The Morgan fingerprint density at radius 3 is 2.52 bits per heavy atom. The average molecular weight is 346 g/mol. The zero-order valence-corrected chi connectivity index (χ0v) is 12.6. The maximum absolute atomic E-state index is 10.7. The number of hydrogen-bond acceptors (Lipinski definition) is 4. The second-order valence-electron chi connectivity index (χ2n) is 4.42. The van der Waals surface area contributed by atoms with Gasteiger partial charge in [0, 0.05) is 28.8 Å². The van der Waals surface area contributed by atoms with Gasteiger partial charge in [-0.1, -0.05) is 28.1 Å². The molecule has 0 spiro atoms. The van der Waals surface area contributed by atoms with Crippen LogP contribution in [0.1, 0.15) is 11.1 Å². The van der Waals surface area contributed by atoms with Crippen molar-refractivity contribution in [2.75, 3.05) is 5.32 Å². The van der Waals surface area contributed by atoms with E-state index in [4.69, 9.17) is 5.26 Å². The fourth-order valence-corrected chi connectivity index (χ4v) is 2.33. The molecule has 21 heavy (non-hydrogen) atoms. The lowest BCUT2D eigenvalue weighted by Crippen LogP contribution is -2.01. The Bertz CT molecular complexity index is 693. The summed E-state index contributed by atoms with van der Waals surface area (Å²) in [7, 11) is 0. The molecule has 106 valence electrons. The van der Waals surface area contributed by atoms with Crippen LogP contribution in [-0.2, 0) is 13.0 Å². The number of nitrogens with one attached hydrogen (secondary N) is 1. The molecule has 0 saturated heterocycles. The molecule has 1 N–H and O–H groups in total. The summed E-state index contributed by atoms with van der Waals surface area (Å²) in [5.74, 6) is 0. The van der Waals surface area contributed by atoms with Crippen LogP contribution in [0.2, 0.25) is 0 Å². The monoisotopic (exact) mass is 345 g/mol. The molecule has 0 atom stereocenters. The minimum atomic E-state index is -0.421. The molecule has 0 radical (unpaired) electrons. The van der Waals surface area contributed by atoms with Gasteiger partial charge in [-0.25, -0.2) is 0 Å². The smallest absolute Gasteiger partial charge is 0.270 e. The molecule has 0 heterocycles. The van der Waals surface area contributed by atoms with Gasteiger partial charge in [0.2, 0.25) is 0 Å². The molecule has 5 nitrogen and oxygen atoms in total. The van der Waals surface area contributed by atoms with Gasteiger partial charge in [0.25, 0.3) is 5.69 Å². The molecule has 0 unspecified atom stereocenters. The number of nitro benzene ring substituents is 1. The van der Waals surface area contributed by atoms with E-state index in [1.807, 2.05) is 24.3 Å². The molecule has 0 aliphatic carbocycles. The second-order valence-corrected chi connectivity index (χ2v) is 5.27. The van der Waals surface area contributed by atoms with Gasteiger partial charge in [0.1, 0.15) is 0 Å². The van der Waals surface area contributed by atoms with Gasteiger partial charge >= 0.3 is 0 Å². The van der Waals surface area contributed by atoms with Gasteiger partial charge in [-0.3, -0.25) is 10.1 Å². The molecule has 0 saturated carbocycles. The van der Waals surface area contributed by atoms with Crippen molar-refractivity contribution in [3.8, 4) is 6.07 Å². The summed E-state index contributed by atoms with van der Waals surface area (Å²) >= 11 is 3.34. The van der Waals surface area contributed by atoms with Crippen molar-refractivity contribution in [1.82, 2.24) is 0 Å². The Morgan fingerprint density at radius 2 is 1.95 bits per heavy atom. The predicted octanol–water partition coefficient (Wildman–Crippen LogP) is 4.04. The topological polar surface area (TPSA) is 79.0 Å². The molecule has 2 aromatic carbocycles. The Kier molecular flexibility index (Phi) is 4.90. The number of rotatable bonds is 5. The maximum atomic E-state index is 10.7. The highest BCUT2D eigenvalue weighted by Crippen LogP contribution is 2.24. The summed E-state index contributed by atoms with van der Waals surface area (Å²) in [6.45, 7) is 0.552.